The maximum atomic E-state index is 13.2. The standard InChI is InChI=1S/C48H91NO16S/c1-3-5-7-9-11-13-15-17-18-20-22-24-26-28-30-32-40(53)49-36(37(52)31-29-27-25-23-21-19-16-14-12-10-8-6-4-2)35-61-47-43(56)42(55)45(39(34-51)63-47)64-48-44(57)46(65-66(58,59)60)41(54)38(33-50)62-48/h29,31,36-39,41-48,50-52,54-57H,3-28,30,32-35H2,1-2H3,(H,49,53)(H,58,59,60)/b31-29+/t36-,37+,38+,39+,41-,42+,43+,44+,45+,46-,47+,48-/m0/s1. The van der Waals surface area contributed by atoms with Crippen LogP contribution < -0.4 is 5.32 Å². The number of nitrogens with one attached hydrogen (secondary N) is 1. The first kappa shape index (κ1) is 60.8. The summed E-state index contributed by atoms with van der Waals surface area (Å²) in [5.41, 5.74) is 0. The van der Waals surface area contributed by atoms with Crippen LogP contribution in [0.5, 0.6) is 0 Å². The van der Waals surface area contributed by atoms with E-state index in [1.165, 1.54) is 122 Å². The van der Waals surface area contributed by atoms with Gasteiger partial charge in [-0.2, -0.15) is 8.42 Å². The number of aliphatic hydroxyl groups excluding tert-OH is 7. The molecule has 2 aliphatic heterocycles. The fourth-order valence-corrected chi connectivity index (χ4v) is 9.10. The molecule has 2 saturated heterocycles. The Morgan fingerprint density at radius 3 is 1.53 bits per heavy atom. The Morgan fingerprint density at radius 1 is 0.606 bits per heavy atom. The highest BCUT2D eigenvalue weighted by molar-refractivity contribution is 7.80. The van der Waals surface area contributed by atoms with Gasteiger partial charge in [-0.15, -0.1) is 0 Å². The van der Waals surface area contributed by atoms with E-state index in [4.69, 9.17) is 18.9 Å². The van der Waals surface area contributed by atoms with Crippen molar-refractivity contribution in [1.82, 2.24) is 5.32 Å². The third-order valence-electron chi connectivity index (χ3n) is 12.7. The zero-order chi connectivity index (χ0) is 48.6. The van der Waals surface area contributed by atoms with Gasteiger partial charge < -0.3 is 60.0 Å². The minimum atomic E-state index is -5.21. The monoisotopic (exact) mass is 970 g/mol. The van der Waals surface area contributed by atoms with Crippen LogP contribution in [0.4, 0.5) is 0 Å². The van der Waals surface area contributed by atoms with E-state index in [9.17, 15) is 53.5 Å². The second-order valence-corrected chi connectivity index (χ2v) is 19.5. The van der Waals surface area contributed by atoms with Crippen molar-refractivity contribution < 1.29 is 76.6 Å². The number of hydrogen-bond donors (Lipinski definition) is 9. The van der Waals surface area contributed by atoms with Crippen molar-refractivity contribution in [2.24, 2.45) is 0 Å². The number of amides is 1. The molecule has 390 valence electrons. The highest BCUT2D eigenvalue weighted by Gasteiger charge is 2.52. The summed E-state index contributed by atoms with van der Waals surface area (Å²) in [6.07, 6.45) is 16.7. The van der Waals surface area contributed by atoms with Gasteiger partial charge in [0.25, 0.3) is 0 Å². The van der Waals surface area contributed by atoms with Crippen LogP contribution in [0.1, 0.15) is 194 Å². The minimum absolute atomic E-state index is 0.246. The van der Waals surface area contributed by atoms with Gasteiger partial charge in [0.15, 0.2) is 12.6 Å². The van der Waals surface area contributed by atoms with Gasteiger partial charge in [-0.25, -0.2) is 4.18 Å². The van der Waals surface area contributed by atoms with Crippen LogP contribution in [0.15, 0.2) is 12.2 Å². The van der Waals surface area contributed by atoms with Crippen molar-refractivity contribution in [2.45, 2.75) is 267 Å². The van der Waals surface area contributed by atoms with Gasteiger partial charge in [-0.1, -0.05) is 180 Å². The Bertz CT molecular complexity index is 1340. The van der Waals surface area contributed by atoms with E-state index in [2.05, 4.69) is 23.3 Å². The number of allylic oxidation sites excluding steroid dienone is 1. The molecule has 0 aromatic rings. The van der Waals surface area contributed by atoms with Gasteiger partial charge in [0.2, 0.25) is 5.91 Å². The predicted octanol–water partition coefficient (Wildman–Crippen LogP) is 5.82. The van der Waals surface area contributed by atoms with E-state index in [0.717, 1.165) is 44.9 Å². The van der Waals surface area contributed by atoms with E-state index in [-0.39, 0.29) is 18.9 Å². The lowest BCUT2D eigenvalue weighted by atomic mass is 9.97. The summed E-state index contributed by atoms with van der Waals surface area (Å²) >= 11 is 0. The quantitative estimate of drug-likeness (QED) is 0.0199. The molecule has 2 rings (SSSR count). The molecule has 0 bridgehead atoms. The Morgan fingerprint density at radius 2 is 1.06 bits per heavy atom. The highest BCUT2D eigenvalue weighted by atomic mass is 32.3. The molecule has 0 aromatic heterocycles. The van der Waals surface area contributed by atoms with Gasteiger partial charge in [0.05, 0.1) is 32.0 Å². The zero-order valence-corrected chi connectivity index (χ0v) is 41.1. The third-order valence-corrected chi connectivity index (χ3v) is 13.1. The number of ether oxygens (including phenoxy) is 4. The molecule has 0 radical (unpaired) electrons. The molecular formula is C48H91NO16S. The third kappa shape index (κ3) is 25.5. The molecule has 2 fully saturated rings. The van der Waals surface area contributed by atoms with E-state index in [0.29, 0.717) is 6.42 Å². The first-order valence-electron chi connectivity index (χ1n) is 25.6. The molecule has 0 unspecified atom stereocenters. The lowest BCUT2D eigenvalue weighted by Crippen LogP contribution is -2.65. The molecule has 18 heteroatoms. The van der Waals surface area contributed by atoms with E-state index in [1.807, 2.05) is 6.08 Å². The number of unbranched alkanes of at least 4 members (excludes halogenated alkanes) is 25. The molecular weight excluding hydrogens is 879 g/mol. The van der Waals surface area contributed by atoms with Crippen LogP contribution in [0.2, 0.25) is 0 Å². The Hall–Kier alpha value is -1.36. The summed E-state index contributed by atoms with van der Waals surface area (Å²) in [6, 6.07) is -0.968. The second-order valence-electron chi connectivity index (χ2n) is 18.5. The molecule has 2 aliphatic rings. The van der Waals surface area contributed by atoms with E-state index >= 15 is 0 Å². The lowest BCUT2D eigenvalue weighted by Gasteiger charge is -2.46. The summed E-state index contributed by atoms with van der Waals surface area (Å²) in [5, 5.41) is 77.3. The number of aliphatic hydroxyl groups is 7. The summed E-state index contributed by atoms with van der Waals surface area (Å²) in [5.74, 6) is -0.281. The zero-order valence-electron chi connectivity index (χ0n) is 40.3. The van der Waals surface area contributed by atoms with Crippen LogP contribution in [-0.4, -0.2) is 148 Å². The number of carbonyl (C=O) groups is 1. The Balaban J connectivity index is 1.93. The van der Waals surface area contributed by atoms with Gasteiger partial charge in [-0.05, 0) is 19.3 Å². The predicted molar refractivity (Wildman–Crippen MR) is 250 cm³/mol. The first-order chi connectivity index (χ1) is 31.8. The maximum Gasteiger partial charge on any atom is 0.397 e. The molecule has 9 N–H and O–H groups in total. The lowest BCUT2D eigenvalue weighted by molar-refractivity contribution is -0.358. The molecule has 66 heavy (non-hydrogen) atoms. The SMILES string of the molecule is CCCCCCCCCCCCC/C=C/[C@@H](O)[C@H](CO[C@@H]1O[C@H](CO)[C@@H](O[C@@H]2O[C@H](CO)[C@H](O)[C@H](OS(=O)(=O)O)[C@H]2O)[C@H](O)[C@H]1O)NC(=O)CCCCCCCCCCCCCCCCC. The van der Waals surface area contributed by atoms with E-state index < -0.39 is 97.2 Å². The fraction of sp³-hybridized carbons (Fsp3) is 0.938. The van der Waals surface area contributed by atoms with Crippen LogP contribution in [-0.2, 0) is 38.3 Å². The molecule has 12 atom stereocenters. The van der Waals surface area contributed by atoms with Gasteiger partial charge in [-0.3, -0.25) is 9.35 Å². The largest absolute Gasteiger partial charge is 0.397 e. The van der Waals surface area contributed by atoms with Crippen molar-refractivity contribution in [1.29, 1.82) is 0 Å². The Kier molecular flexibility index (Phi) is 33.7. The molecule has 0 aliphatic carbocycles. The van der Waals surface area contributed by atoms with Crippen molar-refractivity contribution in [3.8, 4) is 0 Å². The maximum absolute atomic E-state index is 13.2. The minimum Gasteiger partial charge on any atom is -0.394 e. The van der Waals surface area contributed by atoms with Crippen LogP contribution in [0, 0.1) is 0 Å². The smallest absolute Gasteiger partial charge is 0.394 e. The van der Waals surface area contributed by atoms with Crippen molar-refractivity contribution in [3.05, 3.63) is 12.2 Å². The second kappa shape index (κ2) is 36.6. The summed E-state index contributed by atoms with van der Waals surface area (Å²) < 4.78 is 59.0. The fourth-order valence-electron chi connectivity index (χ4n) is 8.59. The van der Waals surface area contributed by atoms with Crippen LogP contribution in [0.3, 0.4) is 0 Å². The average molecular weight is 970 g/mol. The first-order valence-corrected chi connectivity index (χ1v) is 27.0. The molecule has 2 heterocycles. The van der Waals surface area contributed by atoms with Gasteiger partial charge >= 0.3 is 10.4 Å². The van der Waals surface area contributed by atoms with Gasteiger partial charge in [0, 0.05) is 6.42 Å². The van der Waals surface area contributed by atoms with Gasteiger partial charge in [0.1, 0.15) is 48.8 Å². The normalized spacial score (nSPS) is 27.1. The average Bonchev–Trinajstić information content (AvgIpc) is 3.29. The summed E-state index contributed by atoms with van der Waals surface area (Å²) in [7, 11) is -5.21. The van der Waals surface area contributed by atoms with Crippen molar-refractivity contribution >= 4 is 16.3 Å². The highest BCUT2D eigenvalue weighted by Crippen LogP contribution is 2.31. The molecule has 0 spiro atoms. The summed E-state index contributed by atoms with van der Waals surface area (Å²) in [6.45, 7) is 2.38. The summed E-state index contributed by atoms with van der Waals surface area (Å²) in [4.78, 5) is 13.2. The van der Waals surface area contributed by atoms with Crippen LogP contribution >= 0.6 is 0 Å². The van der Waals surface area contributed by atoms with Crippen molar-refractivity contribution in [3.63, 3.8) is 0 Å². The van der Waals surface area contributed by atoms with Crippen LogP contribution in [0.25, 0.3) is 0 Å². The molecule has 0 aromatic carbocycles. The van der Waals surface area contributed by atoms with E-state index in [1.54, 1.807) is 6.08 Å². The Labute approximate surface area is 396 Å². The molecule has 0 saturated carbocycles. The molecule has 17 nitrogen and oxygen atoms in total. The number of hydrogen-bond acceptors (Lipinski definition) is 15. The number of carbonyl (C=O) groups excluding carboxylic acids is 1. The number of rotatable bonds is 40. The molecule has 1 amide bonds. The topological polar surface area (TPSA) is 271 Å². The van der Waals surface area contributed by atoms with Crippen molar-refractivity contribution in [2.75, 3.05) is 19.8 Å².